The minimum absolute atomic E-state index is 0. The number of hydrogen-bond acceptors (Lipinski definition) is 3. The van der Waals surface area contributed by atoms with Crippen molar-refractivity contribution in [2.24, 2.45) is 5.73 Å². The summed E-state index contributed by atoms with van der Waals surface area (Å²) in [7, 11) is 0. The van der Waals surface area contributed by atoms with Crippen molar-refractivity contribution in [2.75, 3.05) is 13.1 Å². The molecule has 0 saturated carbocycles. The zero-order valence-electron chi connectivity index (χ0n) is 12.5. The van der Waals surface area contributed by atoms with Gasteiger partial charge in [0.1, 0.15) is 0 Å². The number of aryl methyl sites for hydroxylation is 1. The van der Waals surface area contributed by atoms with Gasteiger partial charge in [0, 0.05) is 18.7 Å². The Balaban J connectivity index is 0.00000400. The molecule has 0 aliphatic carbocycles. The number of hydrogen-bond donors (Lipinski definition) is 3. The molecule has 0 aromatic heterocycles. The van der Waals surface area contributed by atoms with Gasteiger partial charge in [-0.1, -0.05) is 31.0 Å². The molecule has 4 N–H and O–H groups in total. The van der Waals surface area contributed by atoms with E-state index in [9.17, 15) is 9.59 Å². The minimum Gasteiger partial charge on any atom is -0.353 e. The molecular weight excluding hydrogens is 290 g/mol. The first kappa shape index (κ1) is 19.4. The molecule has 0 radical (unpaired) electrons. The highest BCUT2D eigenvalue weighted by atomic mass is 35.5. The van der Waals surface area contributed by atoms with Crippen LogP contribution in [0.1, 0.15) is 35.7 Å². The van der Waals surface area contributed by atoms with Crippen LogP contribution >= 0.6 is 12.4 Å². The summed E-state index contributed by atoms with van der Waals surface area (Å²) in [5.74, 6) is -0.312. The second kappa shape index (κ2) is 10.2. The molecule has 0 aliphatic heterocycles. The molecule has 0 bridgehead atoms. The lowest BCUT2D eigenvalue weighted by molar-refractivity contribution is -0.122. The number of halogens is 1. The van der Waals surface area contributed by atoms with E-state index in [-0.39, 0.29) is 24.2 Å². The van der Waals surface area contributed by atoms with Crippen molar-refractivity contribution in [3.8, 4) is 0 Å². The number of benzene rings is 1. The molecule has 1 aromatic carbocycles. The van der Waals surface area contributed by atoms with E-state index in [1.165, 1.54) is 0 Å². The van der Waals surface area contributed by atoms with Gasteiger partial charge in [-0.2, -0.15) is 0 Å². The number of carbonyl (C=O) groups excluding carboxylic acids is 2. The molecule has 0 fully saturated rings. The monoisotopic (exact) mass is 313 g/mol. The van der Waals surface area contributed by atoms with Crippen LogP contribution in [0, 0.1) is 6.92 Å². The van der Waals surface area contributed by atoms with E-state index in [1.54, 1.807) is 12.1 Å². The topological polar surface area (TPSA) is 84.2 Å². The standard InChI is InChI=1S/C15H23N3O2.ClH/c1-3-4-13(16)15(20)18-10-9-17-14(19)12-7-5-11(2)6-8-12;/h5-8,13H,3-4,9-10,16H2,1-2H3,(H,17,19)(H,18,20);1H. The van der Waals surface area contributed by atoms with Crippen LogP contribution in [0.25, 0.3) is 0 Å². The third-order valence-corrected chi connectivity index (χ3v) is 2.96. The Morgan fingerprint density at radius 1 is 1.14 bits per heavy atom. The van der Waals surface area contributed by atoms with Crippen LogP contribution in [0.3, 0.4) is 0 Å². The normalized spacial score (nSPS) is 11.2. The highest BCUT2D eigenvalue weighted by molar-refractivity contribution is 5.94. The van der Waals surface area contributed by atoms with Gasteiger partial charge in [0.05, 0.1) is 6.04 Å². The molecule has 1 rings (SSSR count). The van der Waals surface area contributed by atoms with Crippen LogP contribution in [-0.2, 0) is 4.79 Å². The summed E-state index contributed by atoms with van der Waals surface area (Å²) in [5.41, 5.74) is 7.40. The number of rotatable bonds is 7. The predicted octanol–water partition coefficient (Wildman–Crippen LogP) is 1.39. The van der Waals surface area contributed by atoms with Crippen molar-refractivity contribution < 1.29 is 9.59 Å². The van der Waals surface area contributed by atoms with E-state index in [0.717, 1.165) is 12.0 Å². The smallest absolute Gasteiger partial charge is 0.251 e. The van der Waals surface area contributed by atoms with Crippen LogP contribution in [-0.4, -0.2) is 30.9 Å². The summed E-state index contributed by atoms with van der Waals surface area (Å²) in [6.45, 7) is 4.72. The van der Waals surface area contributed by atoms with Gasteiger partial charge in [-0.05, 0) is 25.5 Å². The molecule has 2 amide bonds. The van der Waals surface area contributed by atoms with Crippen molar-refractivity contribution in [1.29, 1.82) is 0 Å². The Morgan fingerprint density at radius 2 is 1.71 bits per heavy atom. The fourth-order valence-corrected chi connectivity index (χ4v) is 1.74. The molecular formula is C15H24ClN3O2. The Kier molecular flexibility index (Phi) is 9.41. The lowest BCUT2D eigenvalue weighted by Crippen LogP contribution is -2.43. The van der Waals surface area contributed by atoms with Gasteiger partial charge in [-0.15, -0.1) is 12.4 Å². The van der Waals surface area contributed by atoms with Crippen molar-refractivity contribution in [1.82, 2.24) is 10.6 Å². The van der Waals surface area contributed by atoms with Gasteiger partial charge < -0.3 is 16.4 Å². The van der Waals surface area contributed by atoms with Gasteiger partial charge in [0.2, 0.25) is 5.91 Å². The highest BCUT2D eigenvalue weighted by Crippen LogP contribution is 2.02. The van der Waals surface area contributed by atoms with Crippen LogP contribution < -0.4 is 16.4 Å². The molecule has 1 aromatic rings. The SMILES string of the molecule is CCCC(N)C(=O)NCCNC(=O)c1ccc(C)cc1.Cl. The molecule has 0 aliphatic rings. The minimum atomic E-state index is -0.465. The van der Waals surface area contributed by atoms with Gasteiger partial charge >= 0.3 is 0 Å². The average Bonchev–Trinajstić information content (AvgIpc) is 2.44. The zero-order valence-corrected chi connectivity index (χ0v) is 13.3. The number of nitrogens with two attached hydrogens (primary N) is 1. The van der Waals surface area contributed by atoms with Gasteiger partial charge in [-0.3, -0.25) is 9.59 Å². The lowest BCUT2D eigenvalue weighted by atomic mass is 10.1. The molecule has 0 saturated heterocycles. The number of carbonyl (C=O) groups is 2. The van der Waals surface area contributed by atoms with Crippen molar-refractivity contribution in [3.63, 3.8) is 0 Å². The number of amides is 2. The Bertz CT molecular complexity index is 449. The maximum atomic E-state index is 11.8. The van der Waals surface area contributed by atoms with Gasteiger partial charge in [-0.25, -0.2) is 0 Å². The number of nitrogens with one attached hydrogen (secondary N) is 2. The van der Waals surface area contributed by atoms with E-state index in [1.807, 2.05) is 26.0 Å². The quantitative estimate of drug-likeness (QED) is 0.665. The van der Waals surface area contributed by atoms with Crippen LogP contribution in [0.15, 0.2) is 24.3 Å². The molecule has 1 atom stereocenters. The molecule has 6 heteroatoms. The maximum Gasteiger partial charge on any atom is 0.251 e. The summed E-state index contributed by atoms with van der Waals surface area (Å²) < 4.78 is 0. The van der Waals surface area contributed by atoms with Crippen molar-refractivity contribution >= 4 is 24.2 Å². The lowest BCUT2D eigenvalue weighted by Gasteiger charge is -2.11. The van der Waals surface area contributed by atoms with Crippen LogP contribution in [0.2, 0.25) is 0 Å². The van der Waals surface area contributed by atoms with E-state index in [4.69, 9.17) is 5.73 Å². The Labute approximate surface area is 132 Å². The van der Waals surface area contributed by atoms with Crippen LogP contribution in [0.5, 0.6) is 0 Å². The van der Waals surface area contributed by atoms with E-state index in [2.05, 4.69) is 10.6 Å². The fraction of sp³-hybridized carbons (Fsp3) is 0.467. The largest absolute Gasteiger partial charge is 0.353 e. The molecule has 5 nitrogen and oxygen atoms in total. The van der Waals surface area contributed by atoms with Gasteiger partial charge in [0.25, 0.3) is 5.91 Å². The highest BCUT2D eigenvalue weighted by Gasteiger charge is 2.11. The predicted molar refractivity (Wildman–Crippen MR) is 86.7 cm³/mol. The van der Waals surface area contributed by atoms with Crippen molar-refractivity contribution in [3.05, 3.63) is 35.4 Å². The molecule has 21 heavy (non-hydrogen) atoms. The summed E-state index contributed by atoms with van der Waals surface area (Å²) in [4.78, 5) is 23.3. The molecule has 118 valence electrons. The summed E-state index contributed by atoms with van der Waals surface area (Å²) in [6, 6.07) is 6.87. The first-order valence-corrected chi connectivity index (χ1v) is 6.92. The summed E-state index contributed by atoms with van der Waals surface area (Å²) in [5, 5.41) is 5.45. The Hall–Kier alpha value is -1.59. The first-order valence-electron chi connectivity index (χ1n) is 6.92. The van der Waals surface area contributed by atoms with Crippen molar-refractivity contribution in [2.45, 2.75) is 32.7 Å². The van der Waals surface area contributed by atoms with Crippen LogP contribution in [0.4, 0.5) is 0 Å². The summed E-state index contributed by atoms with van der Waals surface area (Å²) in [6.07, 6.45) is 1.54. The average molecular weight is 314 g/mol. The van der Waals surface area contributed by atoms with E-state index in [0.29, 0.717) is 25.1 Å². The molecule has 0 spiro atoms. The van der Waals surface area contributed by atoms with E-state index >= 15 is 0 Å². The third kappa shape index (κ3) is 7.11. The summed E-state index contributed by atoms with van der Waals surface area (Å²) >= 11 is 0. The second-order valence-electron chi connectivity index (χ2n) is 4.81. The fourth-order valence-electron chi connectivity index (χ4n) is 1.74. The van der Waals surface area contributed by atoms with Gasteiger partial charge in [0.15, 0.2) is 0 Å². The Morgan fingerprint density at radius 3 is 2.29 bits per heavy atom. The third-order valence-electron chi connectivity index (χ3n) is 2.96. The molecule has 1 unspecified atom stereocenters. The van der Waals surface area contributed by atoms with E-state index < -0.39 is 6.04 Å². The molecule has 0 heterocycles. The second-order valence-corrected chi connectivity index (χ2v) is 4.81. The first-order chi connectivity index (χ1) is 9.54. The maximum absolute atomic E-state index is 11.8. The zero-order chi connectivity index (χ0) is 15.0.